The van der Waals surface area contributed by atoms with Gasteiger partial charge in [-0.1, -0.05) is 6.92 Å². The normalized spacial score (nSPS) is 48.7. The largest absolute Gasteiger partial charge is 0.394 e. The van der Waals surface area contributed by atoms with Crippen molar-refractivity contribution in [1.29, 1.82) is 0 Å². The first kappa shape index (κ1) is 105. The summed E-state index contributed by atoms with van der Waals surface area (Å²) in [6, 6.07) is -7.10. The molecule has 127 heavy (non-hydrogen) atoms. The predicted molar refractivity (Wildman–Crippen MR) is 394 cm³/mol. The number of carbonyl (C=O) groups excluding carboxylic acids is 4. The highest BCUT2D eigenvalue weighted by Crippen LogP contribution is 2.42. The van der Waals surface area contributed by atoms with Gasteiger partial charge in [0.15, 0.2) is 50.3 Å². The minimum absolute atomic E-state index is 0.644. The smallest absolute Gasteiger partial charge is 0.283 e. The Bertz CT molecular complexity index is 3440. The van der Waals surface area contributed by atoms with Gasteiger partial charge < -0.3 is 254 Å². The molecule has 10 rings (SSSR count). The van der Waals surface area contributed by atoms with E-state index >= 15 is 0 Å². The summed E-state index contributed by atoms with van der Waals surface area (Å²) in [5.74, 6) is -7.38. The Morgan fingerprint density at radius 3 is 1.04 bits per heavy atom. The summed E-state index contributed by atoms with van der Waals surface area (Å²) in [5.41, 5.74) is 0. The molecular formula is C72H122N4O51. The maximum Gasteiger partial charge on any atom is 0.283 e. The Morgan fingerprint density at radius 2 is 0.638 bits per heavy atom. The molecule has 0 spiro atoms. The van der Waals surface area contributed by atoms with Crippen LogP contribution in [0.4, 0.5) is 0 Å². The lowest BCUT2D eigenvalue weighted by atomic mass is 9.87. The molecule has 4 amide bonds. The van der Waals surface area contributed by atoms with E-state index in [-0.39, 0.29) is 0 Å². The van der Waals surface area contributed by atoms with Crippen LogP contribution in [0.5, 0.6) is 0 Å². The van der Waals surface area contributed by atoms with Crippen LogP contribution >= 0.6 is 0 Å². The molecule has 55 heteroatoms. The number of carbonyl (C=O) groups is 4. The van der Waals surface area contributed by atoms with Crippen LogP contribution in [-0.2, 0) is 109 Å². The molecule has 0 bridgehead atoms. The molecule has 10 fully saturated rings. The van der Waals surface area contributed by atoms with Crippen molar-refractivity contribution in [3.63, 3.8) is 0 Å². The number of aliphatic hydroxyl groups excluding tert-OH is 27. The lowest BCUT2D eigenvalue weighted by Crippen LogP contribution is -2.71. The van der Waals surface area contributed by atoms with Gasteiger partial charge in [0.25, 0.3) is 5.97 Å². The number of hydrogen-bond acceptors (Lipinski definition) is 51. The van der Waals surface area contributed by atoms with E-state index in [2.05, 4.69) is 21.3 Å². The Kier molecular flexibility index (Phi) is 37.7. The van der Waals surface area contributed by atoms with Crippen molar-refractivity contribution in [2.45, 2.75) is 354 Å². The van der Waals surface area contributed by atoms with Gasteiger partial charge in [-0.2, -0.15) is 0 Å². The summed E-state index contributed by atoms with van der Waals surface area (Å²) in [5, 5.41) is 323. The molecule has 10 heterocycles. The fourth-order valence-corrected chi connectivity index (χ4v) is 16.7. The molecule has 51 atom stereocenters. The first-order valence-electron chi connectivity index (χ1n) is 41.0. The van der Waals surface area contributed by atoms with Crippen molar-refractivity contribution in [3.05, 3.63) is 0 Å². The number of hydrogen-bond donors (Lipinski definition) is 32. The third kappa shape index (κ3) is 23.6. The molecule has 0 aromatic carbocycles. The fraction of sp³-hybridized carbons (Fsp3) is 0.944. The average molecular weight is 1860 g/mol. The third-order valence-electron chi connectivity index (χ3n) is 23.8. The van der Waals surface area contributed by atoms with Gasteiger partial charge in [-0.05, 0) is 6.92 Å². The Hall–Kier alpha value is -4.00. The maximum absolute atomic E-state index is 13.1. The maximum atomic E-state index is 13.1. The Labute approximate surface area is 721 Å². The Balaban J connectivity index is 0.951. The number of amides is 4. The number of aliphatic hydroxyl groups is 28. The first-order chi connectivity index (χ1) is 59.9. The van der Waals surface area contributed by atoms with E-state index in [1.54, 1.807) is 0 Å². The first-order valence-corrected chi connectivity index (χ1v) is 41.0. The number of ether oxygens (including phenoxy) is 19. The fourth-order valence-electron chi connectivity index (χ4n) is 16.7. The molecule has 10 aliphatic rings. The topological polar surface area (TPSA) is 858 Å². The molecule has 0 aromatic rings. The van der Waals surface area contributed by atoms with Crippen molar-refractivity contribution in [3.8, 4) is 0 Å². The van der Waals surface area contributed by atoms with Gasteiger partial charge in [0.1, 0.15) is 226 Å². The Morgan fingerprint density at radius 1 is 0.331 bits per heavy atom. The zero-order chi connectivity index (χ0) is 93.7. The van der Waals surface area contributed by atoms with Crippen LogP contribution in [0, 0.1) is 5.92 Å². The summed E-state index contributed by atoms with van der Waals surface area (Å²) in [4.78, 5) is 51.5. The second kappa shape index (κ2) is 45.6. The van der Waals surface area contributed by atoms with Gasteiger partial charge in [-0.15, -0.1) is 0 Å². The van der Waals surface area contributed by atoms with Gasteiger partial charge in [0.05, 0.1) is 96.8 Å². The molecular weight excluding hydrogens is 1740 g/mol. The van der Waals surface area contributed by atoms with Crippen LogP contribution in [0.15, 0.2) is 0 Å². The summed E-state index contributed by atoms with van der Waals surface area (Å²) in [7, 11) is 0. The van der Waals surface area contributed by atoms with Gasteiger partial charge in [0.2, 0.25) is 23.6 Å². The molecule has 736 valence electrons. The van der Waals surface area contributed by atoms with Crippen LogP contribution < -0.4 is 21.3 Å². The summed E-state index contributed by atoms with van der Waals surface area (Å²) < 4.78 is 113. The summed E-state index contributed by atoms with van der Waals surface area (Å²) in [6.45, 7) is -4.22. The van der Waals surface area contributed by atoms with Crippen molar-refractivity contribution in [1.82, 2.24) is 21.3 Å². The molecule has 22 unspecified atom stereocenters. The van der Waals surface area contributed by atoms with Crippen LogP contribution in [0.25, 0.3) is 0 Å². The lowest BCUT2D eigenvalue weighted by molar-refractivity contribution is -0.427. The van der Waals surface area contributed by atoms with Crippen molar-refractivity contribution >= 4 is 23.6 Å². The van der Waals surface area contributed by atoms with E-state index in [1.165, 1.54) is 13.8 Å². The molecule has 0 aromatic heterocycles. The zero-order valence-corrected chi connectivity index (χ0v) is 69.1. The van der Waals surface area contributed by atoms with Gasteiger partial charge >= 0.3 is 0 Å². The van der Waals surface area contributed by atoms with E-state index in [0.29, 0.717) is 0 Å². The van der Waals surface area contributed by atoms with E-state index in [0.717, 1.165) is 27.7 Å². The lowest BCUT2D eigenvalue weighted by Gasteiger charge is -2.51. The van der Waals surface area contributed by atoms with E-state index in [4.69, 9.17) is 90.0 Å². The molecule has 32 N–H and O–H groups in total. The van der Waals surface area contributed by atoms with Gasteiger partial charge in [-0.25, -0.2) is 0 Å². The molecule has 0 aliphatic carbocycles. The highest BCUT2D eigenvalue weighted by molar-refractivity contribution is 5.74. The monoisotopic (exact) mass is 1860 g/mol. The standard InChI is InChI=1S/C72H122N4O51/c1-18-24(89)7-72(108,127-56(18)39(91)25(90)8-77)110-17-34-43(95)50(102)54(106)68(119-34)122-59-31(14-83)116-65(37(47(59)99)75-22(5)87)125-62-51(103)41(93)27(10-79)113-70(62)109-16-33-44(96)61(55(107)69(118-33)123-60-32(15-84)115-64(36(46(60)98)74-21(4)86)120-57-29(12-81)111-19(2)35(45(57)97)73-20(3)85)124-71-63(52(104)42(94)28(11-80)114-71)126-66-38(76-23(6)88)48(100)58(30(13-82)117-66)121-67-53(105)49(101)40(92)26(9-78)112-67/h18-19,24-71,77-84,89-108H,7-17H2,1-6H3,(H,73,85)(H,74,86)(H,75,87)(H,76,88)/t18-,19+,24?,25?,26?,27?,28-,29?,30?,31?,32?,33?,34?,35?,36?,37?,38?,39-,40+,41-,42-,43+,44-,45-,46-,47?,48-,49+,50+,51+,52?,53?,54?,55?,56?,57-,58-,59-,60-,61+,62?,63?,64+,65+,66+,67+,68+,69+,70+,71-,72-/m1/s1. The van der Waals surface area contributed by atoms with Crippen LogP contribution in [0.3, 0.4) is 0 Å². The van der Waals surface area contributed by atoms with Crippen LogP contribution in [0.2, 0.25) is 0 Å². The van der Waals surface area contributed by atoms with E-state index < -0.39 is 408 Å². The van der Waals surface area contributed by atoms with Crippen molar-refractivity contribution in [2.75, 3.05) is 66.1 Å². The molecule has 55 nitrogen and oxygen atoms in total. The second-order valence-corrected chi connectivity index (χ2v) is 32.8. The van der Waals surface area contributed by atoms with Crippen molar-refractivity contribution < 1.29 is 252 Å². The SMILES string of the molecule is CC(=O)NC1C(O)[C@H](O[C@@H]2OC(CO[C@]3(O)CC(O)[C@@H](C)C([C@H](O)C(O)CO)O3)[C@H](O)[C@H](O)C2O)C(CO)O[C@H]1OC1[C@@H](OCC2O[C@@H](O[C@@H]3C(CO)O[C@@H](O[C@@H]4C(CO)O[C@@H](C)C(NC(C)=O)[C@H]4O)C(NC(C)=O)[C@H]3O)C(O)[C@@H](O[C@H]3O[C@H](CO)[C@@H](O)C(O)C3O[C@@H]3OC(CO)[C@@H](O[C@@H]4OC(CO)[C@H](O)[C@H](O)C4O)[C@H](O)C3NC(C)=O)[C@@H]2O)OC(CO)[C@@H](O)[C@@H]1O. The second-order valence-electron chi connectivity index (χ2n) is 32.8. The predicted octanol–water partition coefficient (Wildman–Crippen LogP) is -20.8. The molecule has 10 aliphatic heterocycles. The van der Waals surface area contributed by atoms with Crippen molar-refractivity contribution in [2.24, 2.45) is 5.92 Å². The summed E-state index contributed by atoms with van der Waals surface area (Å²) >= 11 is 0. The highest BCUT2D eigenvalue weighted by atomic mass is 16.8. The van der Waals surface area contributed by atoms with Crippen LogP contribution in [0.1, 0.15) is 48.0 Å². The summed E-state index contributed by atoms with van der Waals surface area (Å²) in [6.07, 6.45) is -93.4. The number of nitrogens with one attached hydrogen (secondary N) is 4. The molecule has 10 saturated heterocycles. The minimum atomic E-state index is -2.85. The highest BCUT2D eigenvalue weighted by Gasteiger charge is 2.62. The van der Waals surface area contributed by atoms with E-state index in [1.807, 2.05) is 0 Å². The molecule has 0 radical (unpaired) electrons. The quantitative estimate of drug-likeness (QED) is 0.0266. The third-order valence-corrected chi connectivity index (χ3v) is 23.8. The average Bonchev–Trinajstić information content (AvgIpc) is 0.768. The molecule has 0 saturated carbocycles. The van der Waals surface area contributed by atoms with E-state index in [9.17, 15) is 162 Å². The van der Waals surface area contributed by atoms with Crippen LogP contribution in [-0.4, -0.2) is 539 Å². The van der Waals surface area contributed by atoms with Gasteiger partial charge in [0, 0.05) is 33.6 Å². The zero-order valence-electron chi connectivity index (χ0n) is 69.1. The minimum Gasteiger partial charge on any atom is -0.394 e. The van der Waals surface area contributed by atoms with Gasteiger partial charge in [-0.3, -0.25) is 19.2 Å². The number of rotatable bonds is 34.